The van der Waals surface area contributed by atoms with E-state index in [1.54, 1.807) is 6.07 Å². The summed E-state index contributed by atoms with van der Waals surface area (Å²) in [7, 11) is 0. The summed E-state index contributed by atoms with van der Waals surface area (Å²) in [5.74, 6) is -0.0449. The minimum absolute atomic E-state index is 0.0449. The third-order valence-electron chi connectivity index (χ3n) is 6.23. The second-order valence-corrected chi connectivity index (χ2v) is 9.65. The van der Waals surface area contributed by atoms with Crippen molar-refractivity contribution >= 4 is 45.0 Å². The maximum absolute atomic E-state index is 13.3. The van der Waals surface area contributed by atoms with Crippen molar-refractivity contribution < 1.29 is 27.5 Å². The van der Waals surface area contributed by atoms with Gasteiger partial charge in [-0.15, -0.1) is 11.3 Å². The standard InChI is InChI=1S/C21H22ClF3N2O3S/c1-13(21(23,24)25)30-19(29)26-9-6-20(7-10-26)5-2-8-27(20)18(28)17-11-14-3-4-15(22)12-16(14)31-17/h3-4,11-13H,2,5-10H2,1H3. The molecule has 0 N–H and O–H groups in total. The second-order valence-electron chi connectivity index (χ2n) is 8.13. The summed E-state index contributed by atoms with van der Waals surface area (Å²) < 4.78 is 43.5. The van der Waals surface area contributed by atoms with Crippen LogP contribution in [0, 0.1) is 0 Å². The van der Waals surface area contributed by atoms with Crippen LogP contribution >= 0.6 is 22.9 Å². The lowest BCUT2D eigenvalue weighted by Crippen LogP contribution is -2.55. The number of thiophene rings is 1. The molecule has 2 fully saturated rings. The number of amides is 2. The van der Waals surface area contributed by atoms with Gasteiger partial charge in [-0.3, -0.25) is 4.79 Å². The van der Waals surface area contributed by atoms with E-state index < -0.39 is 18.4 Å². The Morgan fingerprint density at radius 3 is 2.55 bits per heavy atom. The normalized spacial score (nSPS) is 19.8. The van der Waals surface area contributed by atoms with Crippen LogP contribution in [0.2, 0.25) is 5.02 Å². The molecule has 1 unspecified atom stereocenters. The topological polar surface area (TPSA) is 49.9 Å². The maximum atomic E-state index is 13.3. The van der Waals surface area contributed by atoms with Crippen molar-refractivity contribution in [3.63, 3.8) is 0 Å². The summed E-state index contributed by atoms with van der Waals surface area (Å²) in [5.41, 5.74) is -0.378. The molecule has 168 valence electrons. The first-order valence-electron chi connectivity index (χ1n) is 10.1. The van der Waals surface area contributed by atoms with E-state index >= 15 is 0 Å². The van der Waals surface area contributed by atoms with Crippen LogP contribution in [0.25, 0.3) is 10.1 Å². The van der Waals surface area contributed by atoms with Crippen molar-refractivity contribution in [1.29, 1.82) is 0 Å². The summed E-state index contributed by atoms with van der Waals surface area (Å²) >= 11 is 7.45. The van der Waals surface area contributed by atoms with Crippen LogP contribution in [0.3, 0.4) is 0 Å². The Morgan fingerprint density at radius 1 is 1.16 bits per heavy atom. The van der Waals surface area contributed by atoms with Gasteiger partial charge in [0.2, 0.25) is 0 Å². The number of hydrogen-bond acceptors (Lipinski definition) is 4. The van der Waals surface area contributed by atoms with Gasteiger partial charge in [0, 0.05) is 34.9 Å². The Bertz CT molecular complexity index is 1000. The van der Waals surface area contributed by atoms with Gasteiger partial charge in [0.15, 0.2) is 6.10 Å². The van der Waals surface area contributed by atoms with E-state index in [0.717, 1.165) is 29.9 Å². The number of carbonyl (C=O) groups excluding carboxylic acids is 2. The number of piperidine rings is 1. The van der Waals surface area contributed by atoms with E-state index in [-0.39, 0.29) is 24.5 Å². The van der Waals surface area contributed by atoms with E-state index in [2.05, 4.69) is 4.74 Å². The van der Waals surface area contributed by atoms with E-state index in [4.69, 9.17) is 11.6 Å². The maximum Gasteiger partial charge on any atom is 0.425 e. The zero-order valence-electron chi connectivity index (χ0n) is 16.9. The summed E-state index contributed by atoms with van der Waals surface area (Å²) in [6, 6.07) is 7.38. The van der Waals surface area contributed by atoms with Gasteiger partial charge in [-0.2, -0.15) is 13.2 Å². The zero-order chi connectivity index (χ0) is 22.4. The molecule has 1 atom stereocenters. The van der Waals surface area contributed by atoms with E-state index in [1.165, 1.54) is 16.2 Å². The minimum Gasteiger partial charge on any atom is -0.437 e. The van der Waals surface area contributed by atoms with Gasteiger partial charge in [-0.25, -0.2) is 4.79 Å². The van der Waals surface area contributed by atoms with Gasteiger partial charge in [0.1, 0.15) is 0 Å². The first-order chi connectivity index (χ1) is 14.6. The Hall–Kier alpha value is -2.00. The Kier molecular flexibility index (Phi) is 5.85. The van der Waals surface area contributed by atoms with E-state index in [9.17, 15) is 22.8 Å². The number of fused-ring (bicyclic) bond motifs is 1. The molecule has 2 aromatic rings. The van der Waals surface area contributed by atoms with Crippen molar-refractivity contribution in [2.24, 2.45) is 0 Å². The first-order valence-corrected chi connectivity index (χ1v) is 11.3. The summed E-state index contributed by atoms with van der Waals surface area (Å²) in [6.07, 6.45) is -4.99. The number of nitrogens with zero attached hydrogens (tertiary/aromatic N) is 2. The Labute approximate surface area is 186 Å². The van der Waals surface area contributed by atoms with Gasteiger partial charge in [0.05, 0.1) is 4.88 Å². The SMILES string of the molecule is CC(OC(=O)N1CCC2(CCCN2C(=O)c2cc3ccc(Cl)cc3s2)CC1)C(F)(F)F. The fourth-order valence-corrected chi connectivity index (χ4v) is 5.70. The molecule has 31 heavy (non-hydrogen) atoms. The molecule has 2 amide bonds. The highest BCUT2D eigenvalue weighted by Gasteiger charge is 2.47. The molecule has 4 rings (SSSR count). The first kappa shape index (κ1) is 22.2. The Balaban J connectivity index is 1.44. The van der Waals surface area contributed by atoms with Crippen molar-refractivity contribution in [2.75, 3.05) is 19.6 Å². The van der Waals surface area contributed by atoms with Gasteiger partial charge >= 0.3 is 12.3 Å². The molecule has 0 radical (unpaired) electrons. The summed E-state index contributed by atoms with van der Waals surface area (Å²) in [5, 5.41) is 1.58. The van der Waals surface area contributed by atoms with E-state index in [1.807, 2.05) is 23.1 Å². The molecule has 2 saturated heterocycles. The van der Waals surface area contributed by atoms with Crippen molar-refractivity contribution in [1.82, 2.24) is 9.80 Å². The Morgan fingerprint density at radius 2 is 1.87 bits per heavy atom. The molecule has 1 aromatic carbocycles. The van der Waals surface area contributed by atoms with Crippen LogP contribution in [-0.4, -0.2) is 59.3 Å². The molecule has 5 nitrogen and oxygen atoms in total. The fourth-order valence-electron chi connectivity index (χ4n) is 4.42. The monoisotopic (exact) mass is 474 g/mol. The molecule has 2 aliphatic rings. The van der Waals surface area contributed by atoms with Crippen molar-refractivity contribution in [3.8, 4) is 0 Å². The third kappa shape index (κ3) is 4.35. The number of benzene rings is 1. The molecule has 3 heterocycles. The zero-order valence-corrected chi connectivity index (χ0v) is 18.4. The number of carbonyl (C=O) groups is 2. The average molecular weight is 475 g/mol. The van der Waals surface area contributed by atoms with Crippen LogP contribution in [0.1, 0.15) is 42.3 Å². The van der Waals surface area contributed by atoms with Crippen molar-refractivity contribution in [2.45, 2.75) is 50.4 Å². The number of rotatable bonds is 2. The summed E-state index contributed by atoms with van der Waals surface area (Å²) in [6.45, 7) is 1.96. The molecular formula is C21H22ClF3N2O3S. The molecule has 1 aromatic heterocycles. The highest BCUT2D eigenvalue weighted by atomic mass is 35.5. The molecule has 0 aliphatic carbocycles. The van der Waals surface area contributed by atoms with Gasteiger partial charge in [-0.05, 0) is 56.2 Å². The lowest BCUT2D eigenvalue weighted by molar-refractivity contribution is -0.200. The van der Waals surface area contributed by atoms with Crippen LogP contribution in [0.4, 0.5) is 18.0 Å². The van der Waals surface area contributed by atoms with Gasteiger partial charge in [-0.1, -0.05) is 17.7 Å². The number of ether oxygens (including phenoxy) is 1. The summed E-state index contributed by atoms with van der Waals surface area (Å²) in [4.78, 5) is 29.3. The predicted molar refractivity (Wildman–Crippen MR) is 113 cm³/mol. The second kappa shape index (κ2) is 8.16. The van der Waals surface area contributed by atoms with Crippen LogP contribution < -0.4 is 0 Å². The largest absolute Gasteiger partial charge is 0.437 e. The smallest absolute Gasteiger partial charge is 0.425 e. The number of likely N-dealkylation sites (tertiary alicyclic amines) is 2. The predicted octanol–water partition coefficient (Wildman–Crippen LogP) is 5.71. The number of hydrogen-bond donors (Lipinski definition) is 0. The van der Waals surface area contributed by atoms with Crippen molar-refractivity contribution in [3.05, 3.63) is 34.2 Å². The molecule has 0 saturated carbocycles. The third-order valence-corrected chi connectivity index (χ3v) is 7.55. The number of alkyl halides is 3. The average Bonchev–Trinajstić information content (AvgIpc) is 3.31. The molecular weight excluding hydrogens is 453 g/mol. The van der Waals surface area contributed by atoms with Gasteiger partial charge < -0.3 is 14.5 Å². The minimum atomic E-state index is -4.59. The lowest BCUT2D eigenvalue weighted by Gasteiger charge is -2.44. The van der Waals surface area contributed by atoms with Crippen LogP contribution in [0.5, 0.6) is 0 Å². The fraction of sp³-hybridized carbons (Fsp3) is 0.524. The van der Waals surface area contributed by atoms with Gasteiger partial charge in [0.25, 0.3) is 5.91 Å². The molecule has 10 heteroatoms. The molecule has 0 bridgehead atoms. The highest BCUT2D eigenvalue weighted by Crippen LogP contribution is 2.41. The lowest BCUT2D eigenvalue weighted by atomic mass is 9.85. The van der Waals surface area contributed by atoms with Crippen LogP contribution in [0.15, 0.2) is 24.3 Å². The molecule has 1 spiro atoms. The number of halogens is 4. The molecule has 2 aliphatic heterocycles. The quantitative estimate of drug-likeness (QED) is 0.560. The van der Waals surface area contributed by atoms with Crippen LogP contribution in [-0.2, 0) is 4.74 Å². The van der Waals surface area contributed by atoms with E-state index in [0.29, 0.717) is 29.3 Å². The highest BCUT2D eigenvalue weighted by molar-refractivity contribution is 7.20.